The molecule has 0 amide bonds. The molecule has 9 nitrogen and oxygen atoms in total. The van der Waals surface area contributed by atoms with Crippen LogP contribution < -0.4 is 0 Å². The van der Waals surface area contributed by atoms with Gasteiger partial charge in [-0.25, -0.2) is 13.3 Å². The quantitative estimate of drug-likeness (QED) is 0.648. The molecule has 0 atom stereocenters. The van der Waals surface area contributed by atoms with Crippen LogP contribution in [0.4, 0.5) is 4.39 Å². The minimum Gasteiger partial charge on any atom is -0.236 e. The molecule has 0 N–H and O–H groups in total. The molecule has 0 aliphatic carbocycles. The van der Waals surface area contributed by atoms with Gasteiger partial charge in [0.05, 0.1) is 5.52 Å². The van der Waals surface area contributed by atoms with Crippen molar-refractivity contribution >= 4 is 31.1 Å². The van der Waals surface area contributed by atoms with Crippen molar-refractivity contribution in [3.8, 4) is 0 Å². The number of benzene rings is 1. The highest BCUT2D eigenvalue weighted by molar-refractivity contribution is 7.90. The van der Waals surface area contributed by atoms with Crippen LogP contribution in [0.3, 0.4) is 0 Å². The number of aryl methyl sites for hydroxylation is 1. The molecule has 0 radical (unpaired) electrons. The van der Waals surface area contributed by atoms with Crippen molar-refractivity contribution in [2.24, 2.45) is 0 Å². The fraction of sp³-hybridized carbons (Fsp3) is 0.231. The van der Waals surface area contributed by atoms with E-state index in [-0.39, 0.29) is 5.52 Å². The summed E-state index contributed by atoms with van der Waals surface area (Å²) in [5.41, 5.74) is 0.428. The Morgan fingerprint density at radius 3 is 2.44 bits per heavy atom. The summed E-state index contributed by atoms with van der Waals surface area (Å²) in [6, 6.07) is 5.31. The van der Waals surface area contributed by atoms with E-state index in [1.807, 2.05) is 0 Å². The van der Waals surface area contributed by atoms with E-state index in [2.05, 4.69) is 10.1 Å². The molecular formula is C13H14FN5O4S2. The van der Waals surface area contributed by atoms with Crippen molar-refractivity contribution in [1.82, 2.24) is 22.4 Å². The van der Waals surface area contributed by atoms with Gasteiger partial charge in [0.25, 0.3) is 5.16 Å². The Hall–Kier alpha value is -2.31. The van der Waals surface area contributed by atoms with Crippen molar-refractivity contribution in [2.75, 3.05) is 14.1 Å². The zero-order chi connectivity index (χ0) is 18.6. The highest BCUT2D eigenvalue weighted by atomic mass is 32.2. The fourth-order valence-corrected chi connectivity index (χ4v) is 4.44. The summed E-state index contributed by atoms with van der Waals surface area (Å²) < 4.78 is 65.5. The summed E-state index contributed by atoms with van der Waals surface area (Å²) >= 11 is 0. The molecule has 0 saturated heterocycles. The third-order valence-corrected chi connectivity index (χ3v) is 6.70. The van der Waals surface area contributed by atoms with Crippen LogP contribution in [0.25, 0.3) is 10.9 Å². The summed E-state index contributed by atoms with van der Waals surface area (Å²) in [5, 5.41) is 3.39. The van der Waals surface area contributed by atoms with Crippen LogP contribution in [0, 0.1) is 12.7 Å². The smallest absolute Gasteiger partial charge is 0.236 e. The summed E-state index contributed by atoms with van der Waals surface area (Å²) in [6.45, 7) is 1.53. The van der Waals surface area contributed by atoms with E-state index in [1.54, 1.807) is 6.07 Å². The zero-order valence-corrected chi connectivity index (χ0v) is 15.1. The topological polar surface area (TPSA) is 107 Å². The molecule has 3 rings (SSSR count). The number of rotatable bonds is 4. The van der Waals surface area contributed by atoms with E-state index in [1.165, 1.54) is 33.2 Å². The Morgan fingerprint density at radius 2 is 1.80 bits per heavy atom. The third kappa shape index (κ3) is 2.71. The number of nitrogens with zero attached hydrogens (tertiary/aromatic N) is 5. The van der Waals surface area contributed by atoms with E-state index in [9.17, 15) is 21.2 Å². The SMILES string of the molecule is Cc1cc2ccc(F)cc2n1S(=O)(=O)c1ncn(S(=O)(=O)N(C)C)n1. The summed E-state index contributed by atoms with van der Waals surface area (Å²) in [6.07, 6.45) is 0.795. The average molecular weight is 387 g/mol. The second-order valence-corrected chi connectivity index (χ2v) is 9.13. The molecule has 0 fully saturated rings. The Morgan fingerprint density at radius 1 is 1.12 bits per heavy atom. The number of halogens is 1. The van der Waals surface area contributed by atoms with Crippen LogP contribution in [0.5, 0.6) is 0 Å². The Balaban J connectivity index is 2.21. The lowest BCUT2D eigenvalue weighted by Crippen LogP contribution is -2.29. The summed E-state index contributed by atoms with van der Waals surface area (Å²) in [5.74, 6) is -0.601. The number of aromatic nitrogens is 4. The molecule has 1 aromatic carbocycles. The molecule has 25 heavy (non-hydrogen) atoms. The first-order valence-corrected chi connectivity index (χ1v) is 9.77. The largest absolute Gasteiger partial charge is 0.323 e. The first kappa shape index (κ1) is 17.5. The van der Waals surface area contributed by atoms with Crippen molar-refractivity contribution in [3.05, 3.63) is 42.1 Å². The molecule has 0 aliphatic heterocycles. The van der Waals surface area contributed by atoms with E-state index >= 15 is 0 Å². The minimum atomic E-state index is -4.31. The van der Waals surface area contributed by atoms with Crippen molar-refractivity contribution in [2.45, 2.75) is 12.1 Å². The van der Waals surface area contributed by atoms with Crippen molar-refractivity contribution in [3.63, 3.8) is 0 Å². The number of fused-ring (bicyclic) bond motifs is 1. The van der Waals surface area contributed by atoms with Gasteiger partial charge in [0.1, 0.15) is 12.1 Å². The molecule has 0 unspecified atom stereocenters. The van der Waals surface area contributed by atoms with Crippen LogP contribution >= 0.6 is 0 Å². The monoisotopic (exact) mass is 387 g/mol. The van der Waals surface area contributed by atoms with Gasteiger partial charge in [0.2, 0.25) is 0 Å². The maximum absolute atomic E-state index is 13.5. The van der Waals surface area contributed by atoms with Gasteiger partial charge in [0, 0.05) is 25.2 Å². The standard InChI is InChI=1S/C13H14FN5O4S2/c1-9-6-10-4-5-11(14)7-12(10)19(9)24(20,21)13-15-8-18(16-13)25(22,23)17(2)3/h4-8H,1-3H3. The van der Waals surface area contributed by atoms with Gasteiger partial charge in [-0.3, -0.25) is 0 Å². The van der Waals surface area contributed by atoms with Crippen LogP contribution in [0.2, 0.25) is 0 Å². The molecule has 2 heterocycles. The highest BCUT2D eigenvalue weighted by Gasteiger charge is 2.28. The predicted octanol–water partition coefficient (Wildman–Crippen LogP) is 0.572. The average Bonchev–Trinajstić information content (AvgIpc) is 3.11. The van der Waals surface area contributed by atoms with Crippen LogP contribution in [-0.4, -0.2) is 53.4 Å². The maximum Gasteiger partial charge on any atom is 0.323 e. The van der Waals surface area contributed by atoms with Crippen LogP contribution in [0.15, 0.2) is 35.7 Å². The number of hydrogen-bond acceptors (Lipinski definition) is 6. The van der Waals surface area contributed by atoms with Crippen molar-refractivity contribution in [1.29, 1.82) is 0 Å². The highest BCUT2D eigenvalue weighted by Crippen LogP contribution is 2.24. The van der Waals surface area contributed by atoms with E-state index in [4.69, 9.17) is 0 Å². The molecule has 134 valence electrons. The van der Waals surface area contributed by atoms with Crippen molar-refractivity contribution < 1.29 is 21.2 Å². The van der Waals surface area contributed by atoms with Gasteiger partial charge in [0.15, 0.2) is 0 Å². The minimum absolute atomic E-state index is 0.115. The fourth-order valence-electron chi connectivity index (χ4n) is 2.32. The van der Waals surface area contributed by atoms with Gasteiger partial charge in [-0.1, -0.05) is 0 Å². The van der Waals surface area contributed by atoms with E-state index < -0.39 is 31.2 Å². The van der Waals surface area contributed by atoms with E-state index in [0.717, 1.165) is 20.7 Å². The molecule has 3 aromatic rings. The number of hydrogen-bond donors (Lipinski definition) is 0. The van der Waals surface area contributed by atoms with Gasteiger partial charge in [-0.05, 0) is 31.2 Å². The molecule has 2 aromatic heterocycles. The zero-order valence-electron chi connectivity index (χ0n) is 13.5. The first-order valence-electron chi connectivity index (χ1n) is 6.93. The molecule has 0 bridgehead atoms. The van der Waals surface area contributed by atoms with Gasteiger partial charge < -0.3 is 0 Å². The normalized spacial score (nSPS) is 13.0. The Kier molecular flexibility index (Phi) is 3.93. The lowest BCUT2D eigenvalue weighted by Gasteiger charge is -2.09. The Bertz CT molecular complexity index is 1180. The lowest BCUT2D eigenvalue weighted by molar-refractivity contribution is 0.502. The molecule has 12 heteroatoms. The lowest BCUT2D eigenvalue weighted by atomic mass is 10.2. The molecular weight excluding hydrogens is 373 g/mol. The predicted molar refractivity (Wildman–Crippen MR) is 87.2 cm³/mol. The summed E-state index contributed by atoms with van der Waals surface area (Å²) in [7, 11) is -5.76. The second kappa shape index (κ2) is 5.61. The Labute approximate surface area is 143 Å². The van der Waals surface area contributed by atoms with Gasteiger partial charge in [-0.15, -0.1) is 9.19 Å². The summed E-state index contributed by atoms with van der Waals surface area (Å²) in [4.78, 5) is 3.61. The van der Waals surface area contributed by atoms with Crippen LogP contribution in [0.1, 0.15) is 5.69 Å². The second-order valence-electron chi connectivity index (χ2n) is 5.45. The molecule has 0 saturated carbocycles. The van der Waals surface area contributed by atoms with Crippen LogP contribution in [-0.2, 0) is 20.2 Å². The molecule has 0 spiro atoms. The van der Waals surface area contributed by atoms with E-state index in [0.29, 0.717) is 15.2 Å². The third-order valence-electron chi connectivity index (χ3n) is 3.52. The molecule has 0 aliphatic rings. The first-order chi connectivity index (χ1) is 11.5. The van der Waals surface area contributed by atoms with Gasteiger partial charge in [-0.2, -0.15) is 21.1 Å². The van der Waals surface area contributed by atoms with Gasteiger partial charge >= 0.3 is 20.2 Å². The maximum atomic E-state index is 13.5.